The normalized spacial score (nSPS) is 26.3. The summed E-state index contributed by atoms with van der Waals surface area (Å²) in [4.78, 5) is 4.25. The molecule has 0 aliphatic carbocycles. The molecule has 3 atom stereocenters. The Labute approximate surface area is 113 Å². The lowest BCUT2D eigenvalue weighted by Crippen LogP contribution is -2.31. The lowest BCUT2D eigenvalue weighted by molar-refractivity contribution is 0.245. The van der Waals surface area contributed by atoms with Crippen LogP contribution in [0.15, 0.2) is 4.52 Å². The van der Waals surface area contributed by atoms with Crippen molar-refractivity contribution in [3.05, 3.63) is 11.7 Å². The molecule has 1 saturated heterocycles. The molecular formula is C12H21N3O3S. The standard InChI is InChI=1S/C12H21N3O3S/c1-4-9-5-6-13-10(7-9)12-14-11(15-18-12)8(2)19(3,16)17/h8-10,13H,4-7H2,1-3H3. The van der Waals surface area contributed by atoms with Gasteiger partial charge in [-0.3, -0.25) is 0 Å². The van der Waals surface area contributed by atoms with Crippen LogP contribution in [-0.2, 0) is 9.84 Å². The minimum Gasteiger partial charge on any atom is -0.338 e. The zero-order chi connectivity index (χ0) is 14.0. The highest BCUT2D eigenvalue weighted by molar-refractivity contribution is 7.90. The summed E-state index contributed by atoms with van der Waals surface area (Å²) >= 11 is 0. The fourth-order valence-corrected chi connectivity index (χ4v) is 2.78. The lowest BCUT2D eigenvalue weighted by atomic mass is 9.90. The topological polar surface area (TPSA) is 85.1 Å². The van der Waals surface area contributed by atoms with Gasteiger partial charge in [-0.25, -0.2) is 8.42 Å². The van der Waals surface area contributed by atoms with E-state index in [0.717, 1.165) is 25.8 Å². The molecule has 1 aromatic heterocycles. The molecule has 1 aliphatic heterocycles. The van der Waals surface area contributed by atoms with Crippen molar-refractivity contribution in [1.82, 2.24) is 15.5 Å². The second-order valence-corrected chi connectivity index (χ2v) is 7.63. The van der Waals surface area contributed by atoms with Gasteiger partial charge in [-0.15, -0.1) is 0 Å². The Morgan fingerprint density at radius 2 is 2.26 bits per heavy atom. The first kappa shape index (κ1) is 14.5. The summed E-state index contributed by atoms with van der Waals surface area (Å²) in [7, 11) is -3.19. The monoisotopic (exact) mass is 287 g/mol. The predicted molar refractivity (Wildman–Crippen MR) is 71.3 cm³/mol. The maximum Gasteiger partial charge on any atom is 0.243 e. The van der Waals surface area contributed by atoms with Crippen molar-refractivity contribution in [1.29, 1.82) is 0 Å². The van der Waals surface area contributed by atoms with Crippen LogP contribution in [-0.4, -0.2) is 31.4 Å². The van der Waals surface area contributed by atoms with Gasteiger partial charge >= 0.3 is 0 Å². The van der Waals surface area contributed by atoms with E-state index in [2.05, 4.69) is 22.4 Å². The first-order chi connectivity index (χ1) is 8.91. The van der Waals surface area contributed by atoms with E-state index in [1.807, 2.05) is 0 Å². The molecule has 0 amide bonds. The quantitative estimate of drug-likeness (QED) is 0.906. The van der Waals surface area contributed by atoms with Crippen LogP contribution >= 0.6 is 0 Å². The molecular weight excluding hydrogens is 266 g/mol. The van der Waals surface area contributed by atoms with Crippen LogP contribution in [0.25, 0.3) is 0 Å². The molecule has 1 fully saturated rings. The van der Waals surface area contributed by atoms with Crippen molar-refractivity contribution in [2.24, 2.45) is 5.92 Å². The highest BCUT2D eigenvalue weighted by atomic mass is 32.2. The molecule has 0 bridgehead atoms. The van der Waals surface area contributed by atoms with Crippen LogP contribution in [0.2, 0.25) is 0 Å². The molecule has 0 aromatic carbocycles. The second kappa shape index (κ2) is 5.58. The van der Waals surface area contributed by atoms with Crippen molar-refractivity contribution < 1.29 is 12.9 Å². The van der Waals surface area contributed by atoms with E-state index in [0.29, 0.717) is 11.8 Å². The molecule has 1 N–H and O–H groups in total. The van der Waals surface area contributed by atoms with Gasteiger partial charge in [-0.1, -0.05) is 18.5 Å². The maximum atomic E-state index is 11.5. The van der Waals surface area contributed by atoms with Crippen molar-refractivity contribution in [3.63, 3.8) is 0 Å². The first-order valence-corrected chi connectivity index (χ1v) is 8.63. The molecule has 7 heteroatoms. The van der Waals surface area contributed by atoms with Gasteiger partial charge in [0.2, 0.25) is 5.89 Å². The van der Waals surface area contributed by atoms with Gasteiger partial charge in [0.25, 0.3) is 0 Å². The van der Waals surface area contributed by atoms with E-state index < -0.39 is 15.1 Å². The lowest BCUT2D eigenvalue weighted by Gasteiger charge is -2.27. The Morgan fingerprint density at radius 3 is 2.89 bits per heavy atom. The van der Waals surface area contributed by atoms with E-state index >= 15 is 0 Å². The molecule has 108 valence electrons. The summed E-state index contributed by atoms with van der Waals surface area (Å²) in [5.41, 5.74) is 0. The predicted octanol–water partition coefficient (Wildman–Crippen LogP) is 1.63. The third-order valence-corrected chi connectivity index (χ3v) is 5.35. The van der Waals surface area contributed by atoms with Gasteiger partial charge in [0.1, 0.15) is 5.25 Å². The molecule has 3 unspecified atom stereocenters. The zero-order valence-electron chi connectivity index (χ0n) is 11.6. The Hall–Kier alpha value is -0.950. The van der Waals surface area contributed by atoms with E-state index in [4.69, 9.17) is 4.52 Å². The summed E-state index contributed by atoms with van der Waals surface area (Å²) in [6.45, 7) is 4.69. The van der Waals surface area contributed by atoms with Crippen LogP contribution in [0, 0.1) is 5.92 Å². The highest BCUT2D eigenvalue weighted by Crippen LogP contribution is 2.29. The molecule has 0 spiro atoms. The van der Waals surface area contributed by atoms with Gasteiger partial charge in [0.05, 0.1) is 6.04 Å². The minimum atomic E-state index is -3.19. The fourth-order valence-electron chi connectivity index (χ4n) is 2.30. The molecule has 1 aromatic rings. The number of piperidine rings is 1. The average Bonchev–Trinajstić information content (AvgIpc) is 2.86. The molecule has 2 heterocycles. The second-order valence-electron chi connectivity index (χ2n) is 5.27. The number of sulfone groups is 1. The first-order valence-electron chi connectivity index (χ1n) is 6.67. The molecule has 1 aliphatic rings. The number of rotatable bonds is 4. The number of hydrogen-bond acceptors (Lipinski definition) is 6. The Bertz CT molecular complexity index is 526. The van der Waals surface area contributed by atoms with Gasteiger partial charge in [-0.05, 0) is 32.2 Å². The highest BCUT2D eigenvalue weighted by Gasteiger charge is 2.29. The molecule has 19 heavy (non-hydrogen) atoms. The van der Waals surface area contributed by atoms with E-state index in [1.54, 1.807) is 6.92 Å². The minimum absolute atomic E-state index is 0.0479. The molecule has 0 saturated carbocycles. The third kappa shape index (κ3) is 3.33. The number of hydrogen-bond donors (Lipinski definition) is 1. The SMILES string of the molecule is CCC1CCNC(c2nc(C(C)S(C)(=O)=O)no2)C1. The van der Waals surface area contributed by atoms with E-state index in [-0.39, 0.29) is 11.9 Å². The van der Waals surface area contributed by atoms with Crippen LogP contribution < -0.4 is 5.32 Å². The zero-order valence-corrected chi connectivity index (χ0v) is 12.4. The van der Waals surface area contributed by atoms with Crippen LogP contribution in [0.4, 0.5) is 0 Å². The van der Waals surface area contributed by atoms with E-state index in [1.165, 1.54) is 6.26 Å². The van der Waals surface area contributed by atoms with Crippen LogP contribution in [0.5, 0.6) is 0 Å². The molecule has 0 radical (unpaired) electrons. The molecule has 6 nitrogen and oxygen atoms in total. The summed E-state index contributed by atoms with van der Waals surface area (Å²) in [6, 6.07) is 0.0479. The maximum absolute atomic E-state index is 11.5. The van der Waals surface area contributed by atoms with Gasteiger partial charge in [-0.2, -0.15) is 4.98 Å². The summed E-state index contributed by atoms with van der Waals surface area (Å²) in [5.74, 6) is 1.41. The van der Waals surface area contributed by atoms with Gasteiger partial charge < -0.3 is 9.84 Å². The van der Waals surface area contributed by atoms with E-state index in [9.17, 15) is 8.42 Å². The third-order valence-electron chi connectivity index (χ3n) is 3.85. The van der Waals surface area contributed by atoms with Gasteiger partial charge in [0, 0.05) is 6.26 Å². The number of aromatic nitrogens is 2. The van der Waals surface area contributed by atoms with Crippen molar-refractivity contribution >= 4 is 9.84 Å². The summed E-state index contributed by atoms with van der Waals surface area (Å²) in [5, 5.41) is 6.42. The Morgan fingerprint density at radius 1 is 1.53 bits per heavy atom. The smallest absolute Gasteiger partial charge is 0.243 e. The van der Waals surface area contributed by atoms with Gasteiger partial charge in [0.15, 0.2) is 15.7 Å². The van der Waals surface area contributed by atoms with Crippen molar-refractivity contribution in [3.8, 4) is 0 Å². The largest absolute Gasteiger partial charge is 0.338 e. The summed E-state index contributed by atoms with van der Waals surface area (Å²) in [6.07, 6.45) is 4.44. The fraction of sp³-hybridized carbons (Fsp3) is 0.833. The molecule has 2 rings (SSSR count). The van der Waals surface area contributed by atoms with Crippen LogP contribution in [0.1, 0.15) is 56.1 Å². The Kier molecular flexibility index (Phi) is 4.25. The van der Waals surface area contributed by atoms with Crippen molar-refractivity contribution in [2.75, 3.05) is 12.8 Å². The Balaban J connectivity index is 2.13. The van der Waals surface area contributed by atoms with Crippen molar-refractivity contribution in [2.45, 2.75) is 44.4 Å². The number of nitrogens with one attached hydrogen (secondary N) is 1. The number of nitrogens with zero attached hydrogens (tertiary/aromatic N) is 2. The summed E-state index contributed by atoms with van der Waals surface area (Å²) < 4.78 is 28.2. The average molecular weight is 287 g/mol. The van der Waals surface area contributed by atoms with Crippen LogP contribution in [0.3, 0.4) is 0 Å².